The normalized spacial score (nSPS) is 10.2. The third-order valence-corrected chi connectivity index (χ3v) is 4.16. The molecule has 0 saturated heterocycles. The minimum Gasteiger partial charge on any atom is -0.462 e. The van der Waals surface area contributed by atoms with Crippen molar-refractivity contribution in [2.24, 2.45) is 0 Å². The van der Waals surface area contributed by atoms with Crippen LogP contribution < -0.4 is 10.7 Å². The summed E-state index contributed by atoms with van der Waals surface area (Å²) in [5, 5.41) is 2.35. The molecular formula is C21H21ClFN3O4. The molecule has 0 bridgehead atoms. The lowest BCUT2D eigenvalue weighted by Crippen LogP contribution is -2.20. The molecule has 1 N–H and O–H groups in total. The summed E-state index contributed by atoms with van der Waals surface area (Å²) < 4.78 is 20.4. The predicted molar refractivity (Wildman–Crippen MR) is 114 cm³/mol. The molecule has 9 heteroatoms. The summed E-state index contributed by atoms with van der Waals surface area (Å²) in [5.41, 5.74) is -0.196. The number of hydrogen-bond donors (Lipinski definition) is 1. The summed E-state index contributed by atoms with van der Waals surface area (Å²) in [6.07, 6.45) is 2.68. The second-order valence-corrected chi connectivity index (χ2v) is 6.24. The molecule has 0 aliphatic heterocycles. The number of amides is 1. The average molecular weight is 434 g/mol. The zero-order valence-electron chi connectivity index (χ0n) is 17.0. The van der Waals surface area contributed by atoms with E-state index in [4.69, 9.17) is 16.3 Å². The third kappa shape index (κ3) is 4.83. The van der Waals surface area contributed by atoms with Crippen molar-refractivity contribution in [3.05, 3.63) is 63.3 Å². The number of halogens is 2. The van der Waals surface area contributed by atoms with Crippen LogP contribution in [0.2, 0.25) is 5.02 Å². The van der Waals surface area contributed by atoms with Crippen molar-refractivity contribution in [2.45, 2.75) is 27.7 Å². The van der Waals surface area contributed by atoms with Gasteiger partial charge in [0, 0.05) is 24.6 Å². The van der Waals surface area contributed by atoms with Crippen LogP contribution in [-0.2, 0) is 9.53 Å². The van der Waals surface area contributed by atoms with E-state index in [1.54, 1.807) is 13.0 Å². The Morgan fingerprint density at radius 2 is 1.97 bits per heavy atom. The van der Waals surface area contributed by atoms with E-state index in [0.717, 1.165) is 6.07 Å². The Kier molecular flexibility index (Phi) is 7.66. The smallest absolute Gasteiger partial charge is 0.343 e. The first kappa shape index (κ1) is 23.0. The molecule has 0 unspecified atom stereocenters. The van der Waals surface area contributed by atoms with Gasteiger partial charge in [0.15, 0.2) is 0 Å². The molecule has 3 rings (SSSR count). The number of nitrogens with zero attached hydrogens (tertiary/aromatic N) is 2. The van der Waals surface area contributed by atoms with E-state index < -0.39 is 17.2 Å². The quantitative estimate of drug-likeness (QED) is 0.618. The summed E-state index contributed by atoms with van der Waals surface area (Å²) in [4.78, 5) is 40.2. The van der Waals surface area contributed by atoms with Crippen molar-refractivity contribution < 1.29 is 18.7 Å². The summed E-state index contributed by atoms with van der Waals surface area (Å²) in [5.74, 6) is -1.47. The Morgan fingerprint density at radius 3 is 2.53 bits per heavy atom. The predicted octanol–water partition coefficient (Wildman–Crippen LogP) is 4.34. The fourth-order valence-electron chi connectivity index (χ4n) is 2.67. The lowest BCUT2D eigenvalue weighted by atomic mass is 10.1. The molecule has 30 heavy (non-hydrogen) atoms. The van der Waals surface area contributed by atoms with Crippen LogP contribution in [0.5, 0.6) is 0 Å². The number of pyridine rings is 2. The van der Waals surface area contributed by atoms with Gasteiger partial charge in [-0.2, -0.15) is 0 Å². The van der Waals surface area contributed by atoms with E-state index in [1.807, 2.05) is 13.8 Å². The number of fused-ring (bicyclic) bond motifs is 1. The lowest BCUT2D eigenvalue weighted by molar-refractivity contribution is -0.114. The minimum absolute atomic E-state index is 0.0582. The van der Waals surface area contributed by atoms with Crippen LogP contribution in [0.4, 0.5) is 10.2 Å². The van der Waals surface area contributed by atoms with Crippen molar-refractivity contribution in [1.29, 1.82) is 0 Å². The monoisotopic (exact) mass is 433 g/mol. The van der Waals surface area contributed by atoms with Gasteiger partial charge in [-0.25, -0.2) is 14.2 Å². The Morgan fingerprint density at radius 1 is 1.27 bits per heavy atom. The maximum absolute atomic E-state index is 14.1. The van der Waals surface area contributed by atoms with E-state index in [1.165, 1.54) is 36.0 Å². The van der Waals surface area contributed by atoms with E-state index in [2.05, 4.69) is 10.3 Å². The van der Waals surface area contributed by atoms with Crippen molar-refractivity contribution in [3.8, 4) is 5.69 Å². The zero-order chi connectivity index (χ0) is 22.4. The summed E-state index contributed by atoms with van der Waals surface area (Å²) >= 11 is 5.83. The highest BCUT2D eigenvalue weighted by atomic mass is 35.5. The molecule has 0 aliphatic carbocycles. The van der Waals surface area contributed by atoms with Gasteiger partial charge in [-0.15, -0.1) is 0 Å². The van der Waals surface area contributed by atoms with Crippen LogP contribution >= 0.6 is 11.6 Å². The first-order valence-corrected chi connectivity index (χ1v) is 9.65. The summed E-state index contributed by atoms with van der Waals surface area (Å²) in [6.45, 7) is 7.06. The number of nitrogens with one attached hydrogen (secondary N) is 1. The SMILES string of the molecule is CC.CCOC(=O)c1cn(-c2ccc(NC(C)=O)nc2)c2cc(F)c(Cl)cc2c1=O. The maximum Gasteiger partial charge on any atom is 0.343 e. The van der Waals surface area contributed by atoms with E-state index in [9.17, 15) is 18.8 Å². The fraction of sp³-hybridized carbons (Fsp3) is 0.238. The first-order chi connectivity index (χ1) is 14.3. The van der Waals surface area contributed by atoms with E-state index in [-0.39, 0.29) is 34.0 Å². The first-order valence-electron chi connectivity index (χ1n) is 9.27. The van der Waals surface area contributed by atoms with Crippen LogP contribution in [0, 0.1) is 5.82 Å². The van der Waals surface area contributed by atoms with Crippen LogP contribution in [0.15, 0.2) is 41.5 Å². The van der Waals surface area contributed by atoms with Gasteiger partial charge in [-0.1, -0.05) is 25.4 Å². The Hall–Kier alpha value is -3.26. The minimum atomic E-state index is -0.800. The van der Waals surface area contributed by atoms with Crippen molar-refractivity contribution in [2.75, 3.05) is 11.9 Å². The highest BCUT2D eigenvalue weighted by Gasteiger charge is 2.19. The molecule has 1 amide bonds. The van der Waals surface area contributed by atoms with Gasteiger partial charge in [0.2, 0.25) is 11.3 Å². The molecular weight excluding hydrogens is 413 g/mol. The van der Waals surface area contributed by atoms with Crippen molar-refractivity contribution in [3.63, 3.8) is 0 Å². The molecule has 3 aromatic rings. The number of benzene rings is 1. The number of hydrogen-bond acceptors (Lipinski definition) is 5. The van der Waals surface area contributed by atoms with Gasteiger partial charge in [0.25, 0.3) is 0 Å². The van der Waals surface area contributed by atoms with Gasteiger partial charge >= 0.3 is 5.97 Å². The van der Waals surface area contributed by atoms with Gasteiger partial charge in [-0.05, 0) is 25.1 Å². The topological polar surface area (TPSA) is 90.3 Å². The third-order valence-electron chi connectivity index (χ3n) is 3.87. The maximum atomic E-state index is 14.1. The number of aromatic nitrogens is 2. The average Bonchev–Trinajstić information content (AvgIpc) is 2.72. The number of ether oxygens (including phenoxy) is 1. The highest BCUT2D eigenvalue weighted by molar-refractivity contribution is 6.31. The molecule has 1 aromatic carbocycles. The molecule has 0 fully saturated rings. The molecule has 7 nitrogen and oxygen atoms in total. The van der Waals surface area contributed by atoms with Crippen LogP contribution in [0.1, 0.15) is 38.1 Å². The second kappa shape index (κ2) is 9.98. The van der Waals surface area contributed by atoms with E-state index >= 15 is 0 Å². The van der Waals surface area contributed by atoms with E-state index in [0.29, 0.717) is 11.5 Å². The fourth-order valence-corrected chi connectivity index (χ4v) is 2.83. The summed E-state index contributed by atoms with van der Waals surface area (Å²) in [6, 6.07) is 5.42. The van der Waals surface area contributed by atoms with Gasteiger partial charge in [0.1, 0.15) is 17.2 Å². The molecule has 158 valence electrons. The summed E-state index contributed by atoms with van der Waals surface area (Å²) in [7, 11) is 0. The largest absolute Gasteiger partial charge is 0.462 e. The standard InChI is InChI=1S/C19H15ClFN3O4.C2H6/c1-3-28-19(27)13-9-24(11-4-5-17(22-8-11)23-10(2)25)16-7-15(21)14(20)6-12(16)18(13)26;1-2/h4-9H,3H2,1-2H3,(H,22,23,25);1-2H3. The number of carbonyl (C=O) groups is 2. The Bertz CT molecular complexity index is 1140. The van der Waals surface area contributed by atoms with Gasteiger partial charge < -0.3 is 14.6 Å². The molecule has 0 aliphatic rings. The Balaban J connectivity index is 0.00000155. The molecule has 0 spiro atoms. The number of rotatable bonds is 4. The van der Waals surface area contributed by atoms with Gasteiger partial charge in [-0.3, -0.25) is 9.59 Å². The van der Waals surface area contributed by atoms with Crippen molar-refractivity contribution in [1.82, 2.24) is 9.55 Å². The Labute approximate surface area is 177 Å². The number of esters is 1. The second-order valence-electron chi connectivity index (χ2n) is 5.83. The highest BCUT2D eigenvalue weighted by Crippen LogP contribution is 2.24. The van der Waals surface area contributed by atoms with Crippen LogP contribution in [-0.4, -0.2) is 28.0 Å². The molecule has 0 radical (unpaired) electrons. The molecule has 2 heterocycles. The van der Waals surface area contributed by atoms with Crippen molar-refractivity contribution >= 4 is 40.2 Å². The number of anilines is 1. The number of carbonyl (C=O) groups excluding carboxylic acids is 2. The van der Waals surface area contributed by atoms with Gasteiger partial charge in [0.05, 0.1) is 29.0 Å². The van der Waals surface area contributed by atoms with Crippen LogP contribution in [0.3, 0.4) is 0 Å². The lowest BCUT2D eigenvalue weighted by Gasteiger charge is -2.14. The molecule has 0 saturated carbocycles. The molecule has 2 aromatic heterocycles. The van der Waals surface area contributed by atoms with Crippen LogP contribution in [0.25, 0.3) is 16.6 Å². The zero-order valence-corrected chi connectivity index (χ0v) is 17.7. The molecule has 0 atom stereocenters.